The van der Waals surface area contributed by atoms with Crippen LogP contribution >= 0.6 is 0 Å². The summed E-state index contributed by atoms with van der Waals surface area (Å²) < 4.78 is 59.6. The summed E-state index contributed by atoms with van der Waals surface area (Å²) in [6, 6.07) is 4.40. The Balaban J connectivity index is 2.12. The lowest BCUT2D eigenvalue weighted by atomic mass is 10.2. The molecular formula is C16H10F4N4O. The van der Waals surface area contributed by atoms with Gasteiger partial charge in [0.1, 0.15) is 5.82 Å². The molecule has 1 aliphatic rings. The fourth-order valence-electron chi connectivity index (χ4n) is 2.22. The number of alkyl halides is 3. The molecule has 0 radical (unpaired) electrons. The maximum atomic E-state index is 13.6. The van der Waals surface area contributed by atoms with Crippen LogP contribution in [-0.2, 0) is 10.9 Å². The number of aromatic nitrogens is 2. The minimum Gasteiger partial charge on any atom is -0.434 e. The number of nitrogens with zero attached hydrogens (tertiary/aromatic N) is 3. The van der Waals surface area contributed by atoms with Gasteiger partial charge in [-0.05, 0) is 30.3 Å². The van der Waals surface area contributed by atoms with Crippen molar-refractivity contribution in [2.24, 2.45) is 4.99 Å². The van der Waals surface area contributed by atoms with Crippen molar-refractivity contribution < 1.29 is 22.3 Å². The van der Waals surface area contributed by atoms with Gasteiger partial charge in [-0.25, -0.2) is 9.07 Å². The topological polar surface area (TPSA) is 63.3 Å². The third-order valence-corrected chi connectivity index (χ3v) is 3.26. The maximum Gasteiger partial charge on any atom is 0.434 e. The Morgan fingerprint density at radius 2 is 1.88 bits per heavy atom. The first kappa shape index (κ1) is 16.6. The zero-order valence-electron chi connectivity index (χ0n) is 12.5. The van der Waals surface area contributed by atoms with Gasteiger partial charge in [0.2, 0.25) is 5.90 Å². The summed E-state index contributed by atoms with van der Waals surface area (Å²) in [5.41, 5.74) is -1.53. The quantitative estimate of drug-likeness (QED) is 0.855. The number of ether oxygens (including phenoxy) is 1. The monoisotopic (exact) mass is 350 g/mol. The highest BCUT2D eigenvalue weighted by Gasteiger charge is 2.41. The molecule has 0 amide bonds. The average molecular weight is 350 g/mol. The largest absolute Gasteiger partial charge is 0.434 e. The zero-order valence-corrected chi connectivity index (χ0v) is 12.5. The van der Waals surface area contributed by atoms with Gasteiger partial charge < -0.3 is 4.74 Å². The van der Waals surface area contributed by atoms with Crippen LogP contribution in [0.15, 0.2) is 59.9 Å². The van der Waals surface area contributed by atoms with Crippen LogP contribution in [0.4, 0.5) is 17.6 Å². The second-order valence-electron chi connectivity index (χ2n) is 4.93. The van der Waals surface area contributed by atoms with Crippen molar-refractivity contribution in [2.45, 2.75) is 6.18 Å². The number of nitrogens with one attached hydrogen (secondary N) is 1. The number of hydrogen-bond acceptors (Lipinski definition) is 3. The summed E-state index contributed by atoms with van der Waals surface area (Å²) in [5.74, 6) is -1.31. The third kappa shape index (κ3) is 3.08. The molecule has 0 spiro atoms. The van der Waals surface area contributed by atoms with Gasteiger partial charge in [0.15, 0.2) is 17.3 Å². The lowest BCUT2D eigenvalue weighted by Gasteiger charge is -2.12. The normalized spacial score (nSPS) is 16.1. The number of rotatable bonds is 3. The van der Waals surface area contributed by atoms with Crippen molar-refractivity contribution >= 4 is 11.7 Å². The van der Waals surface area contributed by atoms with Crippen molar-refractivity contribution in [3.63, 3.8) is 0 Å². The number of aliphatic imine (C=N–C) groups is 1. The zero-order chi connectivity index (χ0) is 18.2. The van der Waals surface area contributed by atoms with Crippen LogP contribution in [0.2, 0.25) is 0 Å². The van der Waals surface area contributed by atoms with Crippen LogP contribution < -0.4 is 0 Å². The van der Waals surface area contributed by atoms with Crippen molar-refractivity contribution in [3.05, 3.63) is 72.0 Å². The first-order valence-corrected chi connectivity index (χ1v) is 6.91. The fraction of sp³-hybridized carbons (Fsp3) is 0.0625. The number of hydrogen-bond donors (Lipinski definition) is 1. The minimum atomic E-state index is -4.78. The van der Waals surface area contributed by atoms with E-state index in [9.17, 15) is 17.6 Å². The molecule has 1 aromatic carbocycles. The Morgan fingerprint density at radius 3 is 2.48 bits per heavy atom. The van der Waals surface area contributed by atoms with E-state index in [1.54, 1.807) is 0 Å². The predicted molar refractivity (Wildman–Crippen MR) is 82.2 cm³/mol. The number of allylic oxidation sites excluding steroid dienone is 2. The summed E-state index contributed by atoms with van der Waals surface area (Å²) in [5, 5.41) is 11.4. The molecule has 9 heteroatoms. The van der Waals surface area contributed by atoms with E-state index in [0.717, 1.165) is 18.3 Å². The van der Waals surface area contributed by atoms with E-state index in [4.69, 9.17) is 10.1 Å². The summed E-state index contributed by atoms with van der Waals surface area (Å²) in [4.78, 5) is 3.70. The van der Waals surface area contributed by atoms with E-state index >= 15 is 0 Å². The first-order valence-electron chi connectivity index (χ1n) is 6.91. The third-order valence-electron chi connectivity index (χ3n) is 3.26. The van der Waals surface area contributed by atoms with Crippen molar-refractivity contribution in [1.82, 2.24) is 9.78 Å². The van der Waals surface area contributed by atoms with Crippen molar-refractivity contribution in [1.29, 1.82) is 5.41 Å². The highest BCUT2D eigenvalue weighted by Crippen LogP contribution is 2.35. The van der Waals surface area contributed by atoms with E-state index in [1.807, 2.05) is 0 Å². The lowest BCUT2D eigenvalue weighted by Crippen LogP contribution is -2.17. The average Bonchev–Trinajstić information content (AvgIpc) is 3.12. The van der Waals surface area contributed by atoms with Crippen LogP contribution in [0.1, 0.15) is 11.3 Å². The SMILES string of the molecule is C=C/C=C1/OC(c2cnn(-c3ccc(F)cc3)c2C(F)(F)F)=NC1=N. The molecule has 5 nitrogen and oxygen atoms in total. The molecule has 0 saturated heterocycles. The molecule has 0 saturated carbocycles. The molecule has 2 heterocycles. The Kier molecular flexibility index (Phi) is 3.99. The van der Waals surface area contributed by atoms with Gasteiger partial charge in [0, 0.05) is 0 Å². The van der Waals surface area contributed by atoms with Crippen LogP contribution in [0.25, 0.3) is 5.69 Å². The van der Waals surface area contributed by atoms with Crippen LogP contribution in [0, 0.1) is 11.2 Å². The molecular weight excluding hydrogens is 340 g/mol. The Hall–Kier alpha value is -3.23. The molecule has 0 atom stereocenters. The van der Waals surface area contributed by atoms with Gasteiger partial charge in [0.25, 0.3) is 0 Å². The van der Waals surface area contributed by atoms with Gasteiger partial charge in [-0.15, -0.1) is 0 Å². The van der Waals surface area contributed by atoms with E-state index < -0.39 is 29.1 Å². The highest BCUT2D eigenvalue weighted by molar-refractivity contribution is 6.14. The molecule has 0 unspecified atom stereocenters. The second kappa shape index (κ2) is 6.00. The molecule has 1 aliphatic heterocycles. The Morgan fingerprint density at radius 1 is 1.20 bits per heavy atom. The Bertz CT molecular complexity index is 907. The van der Waals surface area contributed by atoms with Gasteiger partial charge in [-0.3, -0.25) is 5.41 Å². The van der Waals surface area contributed by atoms with Crippen LogP contribution in [-0.4, -0.2) is 21.5 Å². The van der Waals surface area contributed by atoms with E-state index in [0.29, 0.717) is 4.68 Å². The van der Waals surface area contributed by atoms with Gasteiger partial charge in [0.05, 0.1) is 17.4 Å². The van der Waals surface area contributed by atoms with Crippen LogP contribution in [0.5, 0.6) is 0 Å². The lowest BCUT2D eigenvalue weighted by molar-refractivity contribution is -0.143. The smallest absolute Gasteiger partial charge is 0.434 e. The first-order chi connectivity index (χ1) is 11.8. The van der Waals surface area contributed by atoms with E-state index in [-0.39, 0.29) is 17.3 Å². The highest BCUT2D eigenvalue weighted by atomic mass is 19.4. The van der Waals surface area contributed by atoms with Crippen LogP contribution in [0.3, 0.4) is 0 Å². The summed E-state index contributed by atoms with van der Waals surface area (Å²) in [6.07, 6.45) is -1.19. The number of benzene rings is 1. The van der Waals surface area contributed by atoms with Gasteiger partial charge >= 0.3 is 6.18 Å². The van der Waals surface area contributed by atoms with E-state index in [2.05, 4.69) is 16.7 Å². The Labute approximate surface area is 139 Å². The van der Waals surface area contributed by atoms with Crippen molar-refractivity contribution in [2.75, 3.05) is 0 Å². The molecule has 3 rings (SSSR count). The molecule has 25 heavy (non-hydrogen) atoms. The summed E-state index contributed by atoms with van der Waals surface area (Å²) in [7, 11) is 0. The molecule has 0 fully saturated rings. The number of halogens is 4. The second-order valence-corrected chi connectivity index (χ2v) is 4.93. The molecule has 1 N–H and O–H groups in total. The van der Waals surface area contributed by atoms with Gasteiger partial charge in [-0.1, -0.05) is 12.7 Å². The standard InChI is InChI=1S/C16H10F4N4O/c1-2-3-12-14(21)23-15(25-12)11-8-22-24(13(11)16(18,19)20)10-6-4-9(17)5-7-10/h2-8,21H,1H2/b12-3+,21-14?. The molecule has 128 valence electrons. The maximum absolute atomic E-state index is 13.6. The summed E-state index contributed by atoms with van der Waals surface area (Å²) >= 11 is 0. The minimum absolute atomic E-state index is 0.0207. The molecule has 0 aliphatic carbocycles. The molecule has 0 bridgehead atoms. The fourth-order valence-corrected chi connectivity index (χ4v) is 2.22. The molecule has 1 aromatic heterocycles. The van der Waals surface area contributed by atoms with Gasteiger partial charge in [-0.2, -0.15) is 23.3 Å². The number of amidine groups is 1. The summed E-state index contributed by atoms with van der Waals surface area (Å²) in [6.45, 7) is 3.43. The predicted octanol–water partition coefficient (Wildman–Crippen LogP) is 3.85. The molecule has 2 aromatic rings. The van der Waals surface area contributed by atoms with E-state index in [1.165, 1.54) is 24.3 Å². The van der Waals surface area contributed by atoms with Crippen molar-refractivity contribution in [3.8, 4) is 5.69 Å².